The quantitative estimate of drug-likeness (QED) is 0.801. The van der Waals surface area contributed by atoms with E-state index in [1.165, 1.54) is 17.8 Å². The van der Waals surface area contributed by atoms with Crippen LogP contribution < -0.4 is 4.74 Å². The molecule has 0 N–H and O–H groups in total. The van der Waals surface area contributed by atoms with E-state index in [9.17, 15) is 4.39 Å². The molecule has 0 aliphatic heterocycles. The summed E-state index contributed by atoms with van der Waals surface area (Å²) in [4.78, 5) is 1.97. The van der Waals surface area contributed by atoms with Crippen LogP contribution in [0.4, 0.5) is 4.39 Å². The second kappa shape index (κ2) is 5.23. The minimum absolute atomic E-state index is 0.207. The summed E-state index contributed by atoms with van der Waals surface area (Å²) in [5.41, 5.74) is 1.07. The Morgan fingerprint density at radius 3 is 2.71 bits per heavy atom. The van der Waals surface area contributed by atoms with Crippen LogP contribution in [0.5, 0.6) is 5.75 Å². The molecule has 2 aromatic carbocycles. The van der Waals surface area contributed by atoms with E-state index >= 15 is 0 Å². The molecule has 3 heteroatoms. The molecule has 0 amide bonds. The van der Waals surface area contributed by atoms with Gasteiger partial charge in [0.1, 0.15) is 11.6 Å². The fourth-order valence-electron chi connectivity index (χ4n) is 1.48. The smallest absolute Gasteiger partial charge is 0.124 e. The Morgan fingerprint density at radius 1 is 1.12 bits per heavy atom. The van der Waals surface area contributed by atoms with Crippen LogP contribution in [0.15, 0.2) is 52.3 Å². The Kier molecular flexibility index (Phi) is 3.69. The topological polar surface area (TPSA) is 9.23 Å². The summed E-state index contributed by atoms with van der Waals surface area (Å²) in [7, 11) is 1.64. The first kappa shape index (κ1) is 12.0. The monoisotopic (exact) mass is 248 g/mol. The first-order chi connectivity index (χ1) is 8.19. The number of hydrogen-bond donors (Lipinski definition) is 0. The van der Waals surface area contributed by atoms with Crippen LogP contribution >= 0.6 is 11.8 Å². The number of methoxy groups -OCH3 is 1. The van der Waals surface area contributed by atoms with Gasteiger partial charge in [0.05, 0.1) is 7.11 Å². The summed E-state index contributed by atoms with van der Waals surface area (Å²) in [5.74, 6) is 0.602. The van der Waals surface area contributed by atoms with E-state index in [1.807, 2.05) is 31.2 Å². The lowest BCUT2D eigenvalue weighted by atomic mass is 10.2. The average molecular weight is 248 g/mol. The molecule has 88 valence electrons. The molecule has 1 nitrogen and oxygen atoms in total. The number of hydrogen-bond acceptors (Lipinski definition) is 2. The van der Waals surface area contributed by atoms with Crippen LogP contribution in [0, 0.1) is 12.7 Å². The number of benzene rings is 2. The largest absolute Gasteiger partial charge is 0.497 e. The molecule has 0 aromatic heterocycles. The highest BCUT2D eigenvalue weighted by molar-refractivity contribution is 7.99. The summed E-state index contributed by atoms with van der Waals surface area (Å²) >= 11 is 1.54. The van der Waals surface area contributed by atoms with Gasteiger partial charge in [-0.2, -0.15) is 0 Å². The Hall–Kier alpha value is -1.48. The van der Waals surface area contributed by atoms with Crippen LogP contribution in [-0.4, -0.2) is 7.11 Å². The van der Waals surface area contributed by atoms with Crippen LogP contribution in [-0.2, 0) is 0 Å². The van der Waals surface area contributed by atoms with Crippen molar-refractivity contribution < 1.29 is 9.13 Å². The number of halogens is 1. The lowest BCUT2D eigenvalue weighted by molar-refractivity contribution is 0.413. The zero-order chi connectivity index (χ0) is 12.3. The van der Waals surface area contributed by atoms with Crippen LogP contribution in [0.2, 0.25) is 0 Å². The third-order valence-electron chi connectivity index (χ3n) is 2.42. The fraction of sp³-hybridized carbons (Fsp3) is 0.143. The third kappa shape index (κ3) is 3.01. The van der Waals surface area contributed by atoms with Gasteiger partial charge in [-0.3, -0.25) is 0 Å². The summed E-state index contributed by atoms with van der Waals surface area (Å²) in [6.07, 6.45) is 0. The van der Waals surface area contributed by atoms with Crippen molar-refractivity contribution >= 4 is 11.8 Å². The van der Waals surface area contributed by atoms with E-state index in [2.05, 4.69) is 0 Å². The van der Waals surface area contributed by atoms with Gasteiger partial charge in [0.25, 0.3) is 0 Å². The molecule has 0 atom stereocenters. The highest BCUT2D eigenvalue weighted by Crippen LogP contribution is 2.32. The highest BCUT2D eigenvalue weighted by atomic mass is 32.2. The van der Waals surface area contributed by atoms with Crippen LogP contribution in [0.25, 0.3) is 0 Å². The Morgan fingerprint density at radius 2 is 1.94 bits per heavy atom. The van der Waals surface area contributed by atoms with Crippen molar-refractivity contribution in [1.82, 2.24) is 0 Å². The summed E-state index contributed by atoms with van der Waals surface area (Å²) in [5, 5.41) is 0. The average Bonchev–Trinajstić information content (AvgIpc) is 2.34. The van der Waals surface area contributed by atoms with E-state index < -0.39 is 0 Å². The van der Waals surface area contributed by atoms with Crippen molar-refractivity contribution in [3.8, 4) is 5.75 Å². The number of rotatable bonds is 3. The van der Waals surface area contributed by atoms with Gasteiger partial charge in [-0.1, -0.05) is 23.9 Å². The molecule has 0 bridgehead atoms. The summed E-state index contributed by atoms with van der Waals surface area (Å²) in [6.45, 7) is 1.97. The van der Waals surface area contributed by atoms with Gasteiger partial charge in [-0.15, -0.1) is 0 Å². The zero-order valence-electron chi connectivity index (χ0n) is 9.74. The van der Waals surface area contributed by atoms with E-state index in [0.29, 0.717) is 0 Å². The fourth-order valence-corrected chi connectivity index (χ4v) is 2.45. The van der Waals surface area contributed by atoms with Crippen molar-refractivity contribution in [2.75, 3.05) is 7.11 Å². The molecule has 0 saturated carbocycles. The van der Waals surface area contributed by atoms with Crippen LogP contribution in [0.1, 0.15) is 5.56 Å². The molecule has 0 heterocycles. The van der Waals surface area contributed by atoms with Crippen molar-refractivity contribution in [2.24, 2.45) is 0 Å². The highest BCUT2D eigenvalue weighted by Gasteiger charge is 2.03. The van der Waals surface area contributed by atoms with Gasteiger partial charge in [0.15, 0.2) is 0 Å². The molecule has 0 unspecified atom stereocenters. The summed E-state index contributed by atoms with van der Waals surface area (Å²) in [6, 6.07) is 12.6. The molecule has 0 aliphatic rings. The lowest BCUT2D eigenvalue weighted by Gasteiger charge is -2.07. The number of aryl methyl sites for hydroxylation is 1. The maximum Gasteiger partial charge on any atom is 0.124 e. The van der Waals surface area contributed by atoms with E-state index in [1.54, 1.807) is 19.2 Å². The SMILES string of the molecule is COc1cccc(Sc2cc(F)ccc2C)c1. The molecule has 0 spiro atoms. The van der Waals surface area contributed by atoms with E-state index in [4.69, 9.17) is 4.74 Å². The van der Waals surface area contributed by atoms with Gasteiger partial charge in [0, 0.05) is 9.79 Å². The van der Waals surface area contributed by atoms with Gasteiger partial charge in [0.2, 0.25) is 0 Å². The maximum atomic E-state index is 13.2. The Balaban J connectivity index is 2.27. The van der Waals surface area contributed by atoms with Crippen LogP contribution in [0.3, 0.4) is 0 Å². The first-order valence-corrected chi connectivity index (χ1v) is 6.09. The third-order valence-corrected chi connectivity index (χ3v) is 3.57. The van der Waals surface area contributed by atoms with Gasteiger partial charge in [-0.05, 0) is 42.8 Å². The maximum absolute atomic E-state index is 13.2. The zero-order valence-corrected chi connectivity index (χ0v) is 10.6. The second-order valence-electron chi connectivity index (χ2n) is 3.69. The predicted octanol–water partition coefficient (Wildman–Crippen LogP) is 4.29. The molecule has 17 heavy (non-hydrogen) atoms. The number of ether oxygens (including phenoxy) is 1. The minimum Gasteiger partial charge on any atom is -0.497 e. The molecule has 0 radical (unpaired) electrons. The first-order valence-electron chi connectivity index (χ1n) is 5.27. The van der Waals surface area contributed by atoms with Crippen molar-refractivity contribution in [1.29, 1.82) is 0 Å². The lowest BCUT2D eigenvalue weighted by Crippen LogP contribution is -1.84. The summed E-state index contributed by atoms with van der Waals surface area (Å²) < 4.78 is 18.3. The minimum atomic E-state index is -0.207. The molecular formula is C14H13FOS. The molecule has 2 aromatic rings. The molecule has 0 fully saturated rings. The van der Waals surface area contributed by atoms with E-state index in [0.717, 1.165) is 21.1 Å². The Bertz CT molecular complexity index is 525. The van der Waals surface area contributed by atoms with Gasteiger partial charge >= 0.3 is 0 Å². The van der Waals surface area contributed by atoms with Crippen molar-refractivity contribution in [2.45, 2.75) is 16.7 Å². The molecule has 0 saturated heterocycles. The van der Waals surface area contributed by atoms with Gasteiger partial charge in [-0.25, -0.2) is 4.39 Å². The van der Waals surface area contributed by atoms with E-state index in [-0.39, 0.29) is 5.82 Å². The Labute approximate surface area is 105 Å². The second-order valence-corrected chi connectivity index (χ2v) is 4.81. The predicted molar refractivity (Wildman–Crippen MR) is 68.3 cm³/mol. The molecular weight excluding hydrogens is 235 g/mol. The molecule has 0 aliphatic carbocycles. The van der Waals surface area contributed by atoms with Crippen molar-refractivity contribution in [3.63, 3.8) is 0 Å². The van der Waals surface area contributed by atoms with Gasteiger partial charge < -0.3 is 4.74 Å². The normalized spacial score (nSPS) is 10.3. The molecule has 2 rings (SSSR count). The van der Waals surface area contributed by atoms with Crippen molar-refractivity contribution in [3.05, 3.63) is 53.8 Å². The standard InChI is InChI=1S/C14H13FOS/c1-10-6-7-11(15)8-14(10)17-13-5-3-4-12(9-13)16-2/h3-9H,1-2H3.